The molecule has 1 amide bonds. The predicted molar refractivity (Wildman–Crippen MR) is 86.1 cm³/mol. The smallest absolute Gasteiger partial charge is 0.338 e. The van der Waals surface area contributed by atoms with Crippen LogP contribution in [0.1, 0.15) is 22.8 Å². The van der Waals surface area contributed by atoms with Crippen molar-refractivity contribution >= 4 is 29.2 Å². The number of amides is 1. The van der Waals surface area contributed by atoms with E-state index in [2.05, 4.69) is 5.32 Å². The molecule has 0 bridgehead atoms. The van der Waals surface area contributed by atoms with Crippen LogP contribution in [0, 0.1) is 6.92 Å². The van der Waals surface area contributed by atoms with E-state index in [9.17, 15) is 9.59 Å². The molecule has 0 spiro atoms. The molecule has 5 heteroatoms. The van der Waals surface area contributed by atoms with Gasteiger partial charge >= 0.3 is 5.97 Å². The van der Waals surface area contributed by atoms with Gasteiger partial charge in [-0.15, -0.1) is 0 Å². The Labute approximate surface area is 134 Å². The number of anilines is 1. The third kappa shape index (κ3) is 4.33. The number of benzene rings is 2. The Bertz CT molecular complexity index is 665. The molecule has 0 unspecified atom stereocenters. The molecule has 2 aromatic carbocycles. The molecule has 22 heavy (non-hydrogen) atoms. The van der Waals surface area contributed by atoms with E-state index in [-0.39, 0.29) is 5.91 Å². The highest BCUT2D eigenvalue weighted by Gasteiger charge is 2.19. The third-order valence-electron chi connectivity index (χ3n) is 3.05. The molecular formula is C17H16ClNO3. The van der Waals surface area contributed by atoms with Crippen LogP contribution in [0.5, 0.6) is 0 Å². The summed E-state index contributed by atoms with van der Waals surface area (Å²) in [4.78, 5) is 23.9. The lowest BCUT2D eigenvalue weighted by atomic mass is 10.2. The van der Waals surface area contributed by atoms with Crippen molar-refractivity contribution in [1.82, 2.24) is 0 Å². The van der Waals surface area contributed by atoms with E-state index in [1.54, 1.807) is 36.4 Å². The van der Waals surface area contributed by atoms with Gasteiger partial charge in [-0.2, -0.15) is 0 Å². The normalized spacial score (nSPS) is 11.6. The van der Waals surface area contributed by atoms with E-state index in [1.165, 1.54) is 6.92 Å². The molecule has 2 aromatic rings. The minimum absolute atomic E-state index is 0.347. The van der Waals surface area contributed by atoms with Gasteiger partial charge in [-0.05, 0) is 50.2 Å². The molecule has 0 aromatic heterocycles. The summed E-state index contributed by atoms with van der Waals surface area (Å²) in [6.45, 7) is 3.49. The maximum Gasteiger partial charge on any atom is 0.338 e. The average Bonchev–Trinajstić information content (AvgIpc) is 2.50. The second-order valence-corrected chi connectivity index (χ2v) is 5.35. The molecule has 0 fully saturated rings. The second-order valence-electron chi connectivity index (χ2n) is 4.91. The van der Waals surface area contributed by atoms with Gasteiger partial charge in [-0.1, -0.05) is 29.3 Å². The van der Waals surface area contributed by atoms with E-state index in [0.29, 0.717) is 16.3 Å². The van der Waals surface area contributed by atoms with Gasteiger partial charge in [0.25, 0.3) is 5.91 Å². The summed E-state index contributed by atoms with van der Waals surface area (Å²) in [7, 11) is 0. The number of carbonyl (C=O) groups is 2. The number of hydrogen-bond donors (Lipinski definition) is 1. The topological polar surface area (TPSA) is 55.4 Å². The fraction of sp³-hybridized carbons (Fsp3) is 0.176. The lowest BCUT2D eigenvalue weighted by Gasteiger charge is -2.13. The number of carbonyl (C=O) groups excluding carboxylic acids is 2. The van der Waals surface area contributed by atoms with Crippen molar-refractivity contribution in [3.63, 3.8) is 0 Å². The van der Waals surface area contributed by atoms with Crippen LogP contribution in [0.4, 0.5) is 5.69 Å². The molecule has 4 nitrogen and oxygen atoms in total. The maximum atomic E-state index is 12.0. The Hall–Kier alpha value is -2.33. The zero-order valence-corrected chi connectivity index (χ0v) is 13.1. The molecule has 0 radical (unpaired) electrons. The number of aryl methyl sites for hydroxylation is 1. The van der Waals surface area contributed by atoms with Crippen LogP contribution in [0.3, 0.4) is 0 Å². The zero-order chi connectivity index (χ0) is 16.1. The van der Waals surface area contributed by atoms with Crippen LogP contribution in [-0.4, -0.2) is 18.0 Å². The fourth-order valence-electron chi connectivity index (χ4n) is 1.75. The van der Waals surface area contributed by atoms with Gasteiger partial charge in [0, 0.05) is 10.7 Å². The van der Waals surface area contributed by atoms with Gasteiger partial charge in [-0.25, -0.2) is 4.79 Å². The van der Waals surface area contributed by atoms with Gasteiger partial charge in [0.05, 0.1) is 5.56 Å². The van der Waals surface area contributed by atoms with Crippen molar-refractivity contribution in [1.29, 1.82) is 0 Å². The van der Waals surface area contributed by atoms with Crippen molar-refractivity contribution in [3.05, 3.63) is 64.7 Å². The first-order chi connectivity index (χ1) is 10.5. The lowest BCUT2D eigenvalue weighted by molar-refractivity contribution is -0.123. The monoisotopic (exact) mass is 317 g/mol. The van der Waals surface area contributed by atoms with Gasteiger partial charge in [0.15, 0.2) is 6.10 Å². The van der Waals surface area contributed by atoms with Crippen LogP contribution in [0.15, 0.2) is 48.5 Å². The Kier molecular flexibility index (Phi) is 5.17. The predicted octanol–water partition coefficient (Wildman–Crippen LogP) is 3.83. The zero-order valence-electron chi connectivity index (χ0n) is 12.3. The van der Waals surface area contributed by atoms with Crippen LogP contribution in [0.25, 0.3) is 0 Å². The van der Waals surface area contributed by atoms with E-state index >= 15 is 0 Å². The Morgan fingerprint density at radius 3 is 2.23 bits per heavy atom. The Balaban J connectivity index is 1.94. The minimum Gasteiger partial charge on any atom is -0.449 e. The van der Waals surface area contributed by atoms with Gasteiger partial charge in [0.2, 0.25) is 0 Å². The van der Waals surface area contributed by atoms with Crippen molar-refractivity contribution in [2.24, 2.45) is 0 Å². The molecule has 0 heterocycles. The Morgan fingerprint density at radius 2 is 1.64 bits per heavy atom. The second kappa shape index (κ2) is 7.09. The van der Waals surface area contributed by atoms with Crippen molar-refractivity contribution < 1.29 is 14.3 Å². The molecule has 0 saturated carbocycles. The minimum atomic E-state index is -0.899. The molecule has 0 aliphatic rings. The van der Waals surface area contributed by atoms with Crippen LogP contribution >= 0.6 is 11.6 Å². The van der Waals surface area contributed by atoms with Crippen LogP contribution < -0.4 is 5.32 Å². The quantitative estimate of drug-likeness (QED) is 0.872. The third-order valence-corrected chi connectivity index (χ3v) is 3.30. The molecule has 0 saturated heterocycles. The highest BCUT2D eigenvalue weighted by molar-refractivity contribution is 6.30. The molecular weight excluding hydrogens is 302 g/mol. The number of hydrogen-bond acceptors (Lipinski definition) is 3. The van der Waals surface area contributed by atoms with Crippen molar-refractivity contribution in [2.45, 2.75) is 20.0 Å². The SMILES string of the molecule is Cc1ccc(NC(=O)[C@H](C)OC(=O)c2ccc(Cl)cc2)cc1. The van der Waals surface area contributed by atoms with Gasteiger partial charge in [0.1, 0.15) is 0 Å². The largest absolute Gasteiger partial charge is 0.449 e. The highest BCUT2D eigenvalue weighted by atomic mass is 35.5. The first-order valence-electron chi connectivity index (χ1n) is 6.80. The Morgan fingerprint density at radius 1 is 1.05 bits per heavy atom. The van der Waals surface area contributed by atoms with Gasteiger partial charge < -0.3 is 10.1 Å². The van der Waals surface area contributed by atoms with Crippen molar-refractivity contribution in [3.8, 4) is 0 Å². The maximum absolute atomic E-state index is 12.0. The first kappa shape index (κ1) is 16.0. The van der Waals surface area contributed by atoms with E-state index < -0.39 is 12.1 Å². The standard InChI is InChI=1S/C17H16ClNO3/c1-11-3-9-15(10-4-11)19-16(20)12(2)22-17(21)13-5-7-14(18)8-6-13/h3-10,12H,1-2H3,(H,19,20)/t12-/m0/s1. The lowest BCUT2D eigenvalue weighted by Crippen LogP contribution is -2.29. The number of halogens is 1. The summed E-state index contributed by atoms with van der Waals surface area (Å²) in [5, 5.41) is 3.23. The van der Waals surface area contributed by atoms with Crippen LogP contribution in [0.2, 0.25) is 5.02 Å². The molecule has 114 valence electrons. The van der Waals surface area contributed by atoms with Crippen LogP contribution in [-0.2, 0) is 9.53 Å². The number of nitrogens with one attached hydrogen (secondary N) is 1. The number of ether oxygens (including phenoxy) is 1. The fourth-order valence-corrected chi connectivity index (χ4v) is 1.87. The average molecular weight is 318 g/mol. The summed E-state index contributed by atoms with van der Waals surface area (Å²) in [5.41, 5.74) is 2.10. The molecule has 1 atom stereocenters. The van der Waals surface area contributed by atoms with E-state index in [1.807, 2.05) is 19.1 Å². The summed E-state index contributed by atoms with van der Waals surface area (Å²) >= 11 is 5.76. The molecule has 1 N–H and O–H groups in total. The summed E-state index contributed by atoms with van der Waals surface area (Å²) in [5.74, 6) is -0.950. The van der Waals surface area contributed by atoms with E-state index in [0.717, 1.165) is 5.56 Å². The molecule has 0 aliphatic heterocycles. The van der Waals surface area contributed by atoms with Gasteiger partial charge in [-0.3, -0.25) is 4.79 Å². The molecule has 2 rings (SSSR count). The summed E-state index contributed by atoms with van der Waals surface area (Å²) < 4.78 is 5.14. The first-order valence-corrected chi connectivity index (χ1v) is 7.17. The summed E-state index contributed by atoms with van der Waals surface area (Å²) in [6.07, 6.45) is -0.899. The van der Waals surface area contributed by atoms with Crippen molar-refractivity contribution in [2.75, 3.05) is 5.32 Å². The summed E-state index contributed by atoms with van der Waals surface area (Å²) in [6, 6.07) is 13.6. The molecule has 0 aliphatic carbocycles. The van der Waals surface area contributed by atoms with E-state index in [4.69, 9.17) is 16.3 Å². The number of esters is 1. The highest BCUT2D eigenvalue weighted by Crippen LogP contribution is 2.13. The number of rotatable bonds is 4.